The molecular formula is C20H41NO. The minimum atomic E-state index is 0.700. The lowest BCUT2D eigenvalue weighted by molar-refractivity contribution is -0.454. The standard InChI is InChI=1S/C20H41NO/c1-3-5-7-9-11-13-15-17-19-21(22)20-18-16-14-12-10-8-6-4-2/h19H,3-18,20H2,1-2H3/b21-19-. The SMILES string of the molecule is CCCCCCCCC/C=[N+](\[O-])CCCCCCCCCC. The Bertz CT molecular complexity index is 238. The summed E-state index contributed by atoms with van der Waals surface area (Å²) in [4.78, 5) is 0. The first-order valence-corrected chi connectivity index (χ1v) is 10.1. The Kier molecular flexibility index (Phi) is 18.1. The van der Waals surface area contributed by atoms with Crippen LogP contribution in [0.1, 0.15) is 117 Å². The van der Waals surface area contributed by atoms with Gasteiger partial charge in [0.15, 0.2) is 12.8 Å². The van der Waals surface area contributed by atoms with Crippen molar-refractivity contribution in [3.05, 3.63) is 5.21 Å². The highest BCUT2D eigenvalue weighted by molar-refractivity contribution is 5.50. The predicted molar refractivity (Wildman–Crippen MR) is 99.8 cm³/mol. The second-order valence-corrected chi connectivity index (χ2v) is 6.71. The lowest BCUT2D eigenvalue weighted by Gasteiger charge is -2.04. The van der Waals surface area contributed by atoms with Gasteiger partial charge in [-0.05, 0) is 12.8 Å². The quantitative estimate of drug-likeness (QED) is 0.0948. The van der Waals surface area contributed by atoms with Gasteiger partial charge in [-0.1, -0.05) is 90.9 Å². The maximum absolute atomic E-state index is 11.7. The van der Waals surface area contributed by atoms with E-state index in [9.17, 15) is 5.21 Å². The molecule has 0 saturated heterocycles. The zero-order chi connectivity index (χ0) is 16.3. The van der Waals surface area contributed by atoms with Crippen LogP contribution in [0.3, 0.4) is 0 Å². The van der Waals surface area contributed by atoms with Gasteiger partial charge in [0, 0.05) is 12.8 Å². The summed E-state index contributed by atoms with van der Waals surface area (Å²) in [7, 11) is 0. The van der Waals surface area contributed by atoms with Crippen molar-refractivity contribution < 1.29 is 4.74 Å². The predicted octanol–water partition coefficient (Wildman–Crippen LogP) is 6.85. The Morgan fingerprint density at radius 3 is 1.50 bits per heavy atom. The van der Waals surface area contributed by atoms with Crippen LogP contribution in [-0.2, 0) is 0 Å². The maximum Gasteiger partial charge on any atom is 0.153 e. The topological polar surface area (TPSA) is 26.1 Å². The van der Waals surface area contributed by atoms with Crippen molar-refractivity contribution in [1.29, 1.82) is 0 Å². The summed E-state index contributed by atoms with van der Waals surface area (Å²) in [5.74, 6) is 0. The lowest BCUT2D eigenvalue weighted by Crippen LogP contribution is -2.06. The fourth-order valence-electron chi connectivity index (χ4n) is 2.83. The smallest absolute Gasteiger partial charge is 0.153 e. The van der Waals surface area contributed by atoms with Gasteiger partial charge in [-0.25, -0.2) is 4.74 Å². The van der Waals surface area contributed by atoms with Crippen molar-refractivity contribution in [1.82, 2.24) is 0 Å². The molecule has 0 heterocycles. The third-order valence-corrected chi connectivity index (χ3v) is 4.37. The van der Waals surface area contributed by atoms with Crippen molar-refractivity contribution in [2.45, 2.75) is 117 Å². The van der Waals surface area contributed by atoms with E-state index in [-0.39, 0.29) is 0 Å². The van der Waals surface area contributed by atoms with Crippen LogP contribution in [0.2, 0.25) is 0 Å². The van der Waals surface area contributed by atoms with Gasteiger partial charge in [0.2, 0.25) is 0 Å². The number of hydrogen-bond acceptors (Lipinski definition) is 1. The fraction of sp³-hybridized carbons (Fsp3) is 0.950. The molecule has 0 fully saturated rings. The minimum Gasteiger partial charge on any atom is -0.624 e. The molecule has 0 spiro atoms. The van der Waals surface area contributed by atoms with E-state index in [0.29, 0.717) is 6.54 Å². The normalized spacial score (nSPS) is 12.0. The van der Waals surface area contributed by atoms with Crippen LogP contribution in [0, 0.1) is 5.21 Å². The van der Waals surface area contributed by atoms with Crippen LogP contribution in [0.25, 0.3) is 0 Å². The average Bonchev–Trinajstić information content (AvgIpc) is 2.52. The molecule has 2 heteroatoms. The van der Waals surface area contributed by atoms with Crippen LogP contribution in [0.5, 0.6) is 0 Å². The van der Waals surface area contributed by atoms with Crippen LogP contribution in [-0.4, -0.2) is 17.5 Å². The van der Waals surface area contributed by atoms with E-state index >= 15 is 0 Å². The van der Waals surface area contributed by atoms with E-state index in [2.05, 4.69) is 13.8 Å². The maximum atomic E-state index is 11.7. The van der Waals surface area contributed by atoms with Gasteiger partial charge >= 0.3 is 0 Å². The van der Waals surface area contributed by atoms with Crippen LogP contribution in [0.4, 0.5) is 0 Å². The highest BCUT2D eigenvalue weighted by Crippen LogP contribution is 2.09. The molecule has 0 rings (SSSR count). The minimum absolute atomic E-state index is 0.700. The highest BCUT2D eigenvalue weighted by atomic mass is 16.5. The molecule has 0 aliphatic rings. The first-order chi connectivity index (χ1) is 10.8. The first kappa shape index (κ1) is 21.5. The monoisotopic (exact) mass is 311 g/mol. The molecule has 0 aromatic carbocycles. The summed E-state index contributed by atoms with van der Waals surface area (Å²) < 4.78 is 1.17. The molecule has 0 atom stereocenters. The highest BCUT2D eigenvalue weighted by Gasteiger charge is 1.96. The number of hydroxylamine groups is 1. The van der Waals surface area contributed by atoms with Crippen LogP contribution >= 0.6 is 0 Å². The van der Waals surface area contributed by atoms with Gasteiger partial charge in [0.25, 0.3) is 0 Å². The van der Waals surface area contributed by atoms with Crippen molar-refractivity contribution >= 4 is 6.21 Å². The second kappa shape index (κ2) is 18.5. The molecule has 0 radical (unpaired) electrons. The fourth-order valence-corrected chi connectivity index (χ4v) is 2.83. The number of hydrogen-bond donors (Lipinski definition) is 0. The molecule has 0 saturated carbocycles. The molecule has 2 nitrogen and oxygen atoms in total. The lowest BCUT2D eigenvalue weighted by atomic mass is 10.1. The summed E-state index contributed by atoms with van der Waals surface area (Å²) >= 11 is 0. The molecule has 0 aliphatic carbocycles. The van der Waals surface area contributed by atoms with Crippen molar-refractivity contribution in [3.8, 4) is 0 Å². The molecule has 22 heavy (non-hydrogen) atoms. The summed E-state index contributed by atoms with van der Waals surface area (Å²) in [5.41, 5.74) is 0. The summed E-state index contributed by atoms with van der Waals surface area (Å²) in [6.45, 7) is 5.21. The molecule has 0 bridgehead atoms. The van der Waals surface area contributed by atoms with Gasteiger partial charge in [-0.3, -0.25) is 0 Å². The Morgan fingerprint density at radius 2 is 1.00 bits per heavy atom. The van der Waals surface area contributed by atoms with E-state index in [1.165, 1.54) is 94.6 Å². The van der Waals surface area contributed by atoms with E-state index in [1.54, 1.807) is 0 Å². The van der Waals surface area contributed by atoms with Crippen LogP contribution in [0.15, 0.2) is 0 Å². The Morgan fingerprint density at radius 1 is 0.591 bits per heavy atom. The van der Waals surface area contributed by atoms with Gasteiger partial charge in [-0.2, -0.15) is 0 Å². The van der Waals surface area contributed by atoms with E-state index < -0.39 is 0 Å². The molecule has 0 amide bonds. The van der Waals surface area contributed by atoms with Crippen molar-refractivity contribution in [3.63, 3.8) is 0 Å². The van der Waals surface area contributed by atoms with E-state index in [1.807, 2.05) is 6.21 Å². The molecular weight excluding hydrogens is 270 g/mol. The molecule has 0 aliphatic heterocycles. The average molecular weight is 312 g/mol. The van der Waals surface area contributed by atoms with E-state index in [0.717, 1.165) is 12.8 Å². The molecule has 0 unspecified atom stereocenters. The van der Waals surface area contributed by atoms with Gasteiger partial charge in [-0.15, -0.1) is 0 Å². The zero-order valence-corrected chi connectivity index (χ0v) is 15.5. The number of nitrogens with zero attached hydrogens (tertiary/aromatic N) is 1. The zero-order valence-electron chi connectivity index (χ0n) is 15.5. The largest absolute Gasteiger partial charge is 0.624 e. The summed E-state index contributed by atoms with van der Waals surface area (Å²) in [6.07, 6.45) is 22.5. The number of unbranched alkanes of at least 4 members (excludes halogenated alkanes) is 14. The number of rotatable bonds is 17. The van der Waals surface area contributed by atoms with Crippen molar-refractivity contribution in [2.24, 2.45) is 0 Å². The Hall–Kier alpha value is -0.530. The van der Waals surface area contributed by atoms with Gasteiger partial charge in [0.05, 0.1) is 0 Å². The third-order valence-electron chi connectivity index (χ3n) is 4.37. The Labute approximate surface area is 140 Å². The van der Waals surface area contributed by atoms with E-state index in [4.69, 9.17) is 0 Å². The molecule has 0 aromatic heterocycles. The Balaban J connectivity index is 3.24. The molecule has 0 aromatic rings. The van der Waals surface area contributed by atoms with Gasteiger partial charge < -0.3 is 5.21 Å². The van der Waals surface area contributed by atoms with Gasteiger partial charge in [0.1, 0.15) is 0 Å². The van der Waals surface area contributed by atoms with Crippen molar-refractivity contribution in [2.75, 3.05) is 6.54 Å². The summed E-state index contributed by atoms with van der Waals surface area (Å²) in [5, 5.41) is 11.7. The molecule has 0 N–H and O–H groups in total. The summed E-state index contributed by atoms with van der Waals surface area (Å²) in [6, 6.07) is 0. The first-order valence-electron chi connectivity index (χ1n) is 10.1. The second-order valence-electron chi connectivity index (χ2n) is 6.71. The third kappa shape index (κ3) is 17.5. The molecule has 132 valence electrons. The van der Waals surface area contributed by atoms with Crippen LogP contribution < -0.4 is 0 Å².